The third-order valence-corrected chi connectivity index (χ3v) is 4.77. The first-order chi connectivity index (χ1) is 12.7. The van der Waals surface area contributed by atoms with Crippen molar-refractivity contribution in [2.24, 2.45) is 0 Å². The number of carbonyl (C=O) groups is 1. The molecule has 0 atom stereocenters. The van der Waals surface area contributed by atoms with Crippen molar-refractivity contribution < 1.29 is 14.3 Å². The summed E-state index contributed by atoms with van der Waals surface area (Å²) in [5.41, 5.74) is 2.83. The number of nitriles is 1. The van der Waals surface area contributed by atoms with Gasteiger partial charge in [0.15, 0.2) is 11.5 Å². The topological polar surface area (TPSA) is 71.3 Å². The van der Waals surface area contributed by atoms with Gasteiger partial charge in [-0.3, -0.25) is 4.79 Å². The van der Waals surface area contributed by atoms with E-state index in [9.17, 15) is 4.79 Å². The number of carbonyl (C=O) groups excluding carboxylic acids is 1. The molecular weight excluding hydrogens is 348 g/mol. The normalized spacial score (nSPS) is 10.0. The van der Waals surface area contributed by atoms with Gasteiger partial charge < -0.3 is 14.8 Å². The van der Waals surface area contributed by atoms with E-state index < -0.39 is 0 Å². The van der Waals surface area contributed by atoms with Crippen molar-refractivity contribution in [2.45, 2.75) is 12.2 Å². The third kappa shape index (κ3) is 6.01. The lowest BCUT2D eigenvalue weighted by Crippen LogP contribution is -2.27. The van der Waals surface area contributed by atoms with Gasteiger partial charge in [0.25, 0.3) is 0 Å². The fraction of sp³-hybridized carbons (Fsp3) is 0.300. The summed E-state index contributed by atoms with van der Waals surface area (Å²) in [6.45, 7) is 0.575. The number of ether oxygens (including phenoxy) is 2. The average Bonchev–Trinajstić information content (AvgIpc) is 2.68. The maximum Gasteiger partial charge on any atom is 0.230 e. The van der Waals surface area contributed by atoms with Crippen molar-refractivity contribution in [1.29, 1.82) is 5.26 Å². The predicted octanol–water partition coefficient (Wildman–Crippen LogP) is 3.17. The highest BCUT2D eigenvalue weighted by Gasteiger charge is 2.06. The lowest BCUT2D eigenvalue weighted by molar-refractivity contribution is -0.118. The van der Waals surface area contributed by atoms with E-state index in [1.807, 2.05) is 30.3 Å². The van der Waals surface area contributed by atoms with Crippen LogP contribution in [0.4, 0.5) is 0 Å². The van der Waals surface area contributed by atoms with Crippen molar-refractivity contribution >= 4 is 17.7 Å². The average molecular weight is 370 g/mol. The molecular formula is C20H22N2O3S. The Balaban J connectivity index is 1.69. The Kier molecular flexibility index (Phi) is 7.84. The van der Waals surface area contributed by atoms with Crippen LogP contribution in [0.15, 0.2) is 42.5 Å². The number of thioether (sulfide) groups is 1. The van der Waals surface area contributed by atoms with Crippen molar-refractivity contribution in [3.05, 3.63) is 59.2 Å². The van der Waals surface area contributed by atoms with Gasteiger partial charge in [-0.2, -0.15) is 5.26 Å². The molecule has 2 aromatic carbocycles. The molecule has 0 radical (unpaired) electrons. The molecule has 0 spiro atoms. The fourth-order valence-electron chi connectivity index (χ4n) is 2.37. The van der Waals surface area contributed by atoms with Crippen molar-refractivity contribution in [3.63, 3.8) is 0 Å². The lowest BCUT2D eigenvalue weighted by atomic mass is 10.1. The summed E-state index contributed by atoms with van der Waals surface area (Å²) in [6.07, 6.45) is 0.729. The summed E-state index contributed by atoms with van der Waals surface area (Å²) in [5, 5.41) is 11.7. The van der Waals surface area contributed by atoms with Crippen LogP contribution in [0, 0.1) is 11.3 Å². The van der Waals surface area contributed by atoms with Crippen LogP contribution in [0.25, 0.3) is 0 Å². The van der Waals surface area contributed by atoms with Crippen LogP contribution in [-0.2, 0) is 17.0 Å². The highest BCUT2D eigenvalue weighted by Crippen LogP contribution is 2.27. The second-order valence-electron chi connectivity index (χ2n) is 5.59. The lowest BCUT2D eigenvalue weighted by Gasteiger charge is -2.10. The maximum absolute atomic E-state index is 11.9. The molecule has 136 valence electrons. The first kappa shape index (κ1) is 19.7. The minimum absolute atomic E-state index is 0.0177. The molecule has 0 unspecified atom stereocenters. The van der Waals surface area contributed by atoms with Crippen molar-refractivity contribution in [1.82, 2.24) is 5.32 Å². The number of hydrogen-bond acceptors (Lipinski definition) is 5. The number of amides is 1. The first-order valence-corrected chi connectivity index (χ1v) is 9.36. The first-order valence-electron chi connectivity index (χ1n) is 8.20. The van der Waals surface area contributed by atoms with Gasteiger partial charge in [0, 0.05) is 12.3 Å². The van der Waals surface area contributed by atoms with Gasteiger partial charge in [-0.1, -0.05) is 18.2 Å². The Bertz CT molecular complexity index is 770. The molecule has 2 rings (SSSR count). The van der Waals surface area contributed by atoms with Gasteiger partial charge in [0.05, 0.1) is 31.6 Å². The van der Waals surface area contributed by atoms with Crippen molar-refractivity contribution in [2.75, 3.05) is 26.5 Å². The molecule has 1 N–H and O–H groups in total. The van der Waals surface area contributed by atoms with Crippen LogP contribution >= 0.6 is 11.8 Å². The molecule has 0 aliphatic carbocycles. The van der Waals surface area contributed by atoms with Gasteiger partial charge in [-0.25, -0.2) is 0 Å². The second-order valence-corrected chi connectivity index (χ2v) is 6.58. The van der Waals surface area contributed by atoms with Gasteiger partial charge >= 0.3 is 0 Å². The monoisotopic (exact) mass is 370 g/mol. The number of benzene rings is 2. The van der Waals surface area contributed by atoms with Crippen LogP contribution in [-0.4, -0.2) is 32.4 Å². The van der Waals surface area contributed by atoms with E-state index in [1.54, 1.807) is 38.1 Å². The molecule has 5 nitrogen and oxygen atoms in total. The van der Waals surface area contributed by atoms with Crippen LogP contribution in [0.2, 0.25) is 0 Å². The number of nitrogens with zero attached hydrogens (tertiary/aromatic N) is 1. The number of methoxy groups -OCH3 is 2. The molecule has 0 aliphatic heterocycles. The molecule has 0 bridgehead atoms. The molecule has 0 saturated heterocycles. The van der Waals surface area contributed by atoms with E-state index in [4.69, 9.17) is 14.7 Å². The molecule has 6 heteroatoms. The predicted molar refractivity (Wildman–Crippen MR) is 104 cm³/mol. The maximum atomic E-state index is 11.9. The van der Waals surface area contributed by atoms with E-state index in [1.165, 1.54) is 0 Å². The SMILES string of the molecule is COc1ccc(CCNC(=O)CSCc2ccc(C#N)cc2)cc1OC. The minimum Gasteiger partial charge on any atom is -0.493 e. The Morgan fingerprint density at radius 2 is 1.77 bits per heavy atom. The summed E-state index contributed by atoms with van der Waals surface area (Å²) in [6, 6.07) is 15.3. The Morgan fingerprint density at radius 1 is 1.08 bits per heavy atom. The van der Waals surface area contributed by atoms with E-state index >= 15 is 0 Å². The number of rotatable bonds is 9. The van der Waals surface area contributed by atoms with Gasteiger partial charge in [-0.15, -0.1) is 11.8 Å². The molecule has 2 aromatic rings. The van der Waals surface area contributed by atoms with E-state index in [2.05, 4.69) is 11.4 Å². The van der Waals surface area contributed by atoms with Gasteiger partial charge in [-0.05, 0) is 41.8 Å². The summed E-state index contributed by atoms with van der Waals surface area (Å²) < 4.78 is 10.5. The van der Waals surface area contributed by atoms with Gasteiger partial charge in [0.2, 0.25) is 5.91 Å². The quantitative estimate of drug-likeness (QED) is 0.734. The molecule has 0 saturated carbocycles. The largest absolute Gasteiger partial charge is 0.493 e. The highest BCUT2D eigenvalue weighted by molar-refractivity contribution is 7.99. The molecule has 0 aromatic heterocycles. The molecule has 0 aliphatic rings. The van der Waals surface area contributed by atoms with E-state index in [0.29, 0.717) is 29.4 Å². The Morgan fingerprint density at radius 3 is 2.42 bits per heavy atom. The molecule has 0 fully saturated rings. The van der Waals surface area contributed by atoms with E-state index in [0.717, 1.165) is 23.3 Å². The highest BCUT2D eigenvalue weighted by atomic mass is 32.2. The molecule has 26 heavy (non-hydrogen) atoms. The Hall–Kier alpha value is -2.65. The summed E-state index contributed by atoms with van der Waals surface area (Å²) in [4.78, 5) is 11.9. The van der Waals surface area contributed by atoms with Crippen LogP contribution in [0.3, 0.4) is 0 Å². The fourth-order valence-corrected chi connectivity index (χ4v) is 3.19. The summed E-state index contributed by atoms with van der Waals surface area (Å²) >= 11 is 1.55. The standard InChI is InChI=1S/C20H22N2O3S/c1-24-18-8-7-15(11-19(18)25-2)9-10-22-20(23)14-26-13-17-5-3-16(12-21)4-6-17/h3-8,11H,9-10,13-14H2,1-2H3,(H,22,23). The smallest absolute Gasteiger partial charge is 0.230 e. The molecule has 1 amide bonds. The third-order valence-electron chi connectivity index (χ3n) is 3.77. The zero-order valence-electron chi connectivity index (χ0n) is 15.0. The van der Waals surface area contributed by atoms with Crippen LogP contribution < -0.4 is 14.8 Å². The number of hydrogen-bond donors (Lipinski definition) is 1. The zero-order chi connectivity index (χ0) is 18.8. The zero-order valence-corrected chi connectivity index (χ0v) is 15.8. The Labute approximate surface area is 158 Å². The summed E-state index contributed by atoms with van der Waals surface area (Å²) in [7, 11) is 3.21. The van der Waals surface area contributed by atoms with Crippen LogP contribution in [0.1, 0.15) is 16.7 Å². The van der Waals surface area contributed by atoms with Crippen molar-refractivity contribution in [3.8, 4) is 17.6 Å². The van der Waals surface area contributed by atoms with Gasteiger partial charge in [0.1, 0.15) is 0 Å². The molecule has 0 heterocycles. The number of nitrogens with one attached hydrogen (secondary N) is 1. The summed E-state index contributed by atoms with van der Waals surface area (Å²) in [5.74, 6) is 2.55. The van der Waals surface area contributed by atoms with Crippen LogP contribution in [0.5, 0.6) is 11.5 Å². The minimum atomic E-state index is 0.0177. The van der Waals surface area contributed by atoms with E-state index in [-0.39, 0.29) is 5.91 Å². The second kappa shape index (κ2) is 10.4.